The number of anilines is 1. The third kappa shape index (κ3) is 8.51. The molecule has 1 atom stereocenters. The summed E-state index contributed by atoms with van der Waals surface area (Å²) in [5.74, 6) is -1.09. The van der Waals surface area contributed by atoms with Crippen LogP contribution in [0.2, 0.25) is 20.1 Å². The highest BCUT2D eigenvalue weighted by molar-refractivity contribution is 7.92. The summed E-state index contributed by atoms with van der Waals surface area (Å²) in [6.45, 7) is 1.42. The van der Waals surface area contributed by atoms with Crippen LogP contribution in [0.4, 0.5) is 5.69 Å². The van der Waals surface area contributed by atoms with Crippen LogP contribution < -0.4 is 9.62 Å². The van der Waals surface area contributed by atoms with Crippen LogP contribution >= 0.6 is 46.4 Å². The van der Waals surface area contributed by atoms with Crippen LogP contribution in [0, 0.1) is 0 Å². The summed E-state index contributed by atoms with van der Waals surface area (Å²) in [5.41, 5.74) is 1.21. The predicted octanol–water partition coefficient (Wildman–Crippen LogP) is 7.66. The van der Waals surface area contributed by atoms with Crippen molar-refractivity contribution in [1.82, 2.24) is 10.2 Å². The van der Waals surface area contributed by atoms with Crippen LogP contribution in [0.25, 0.3) is 0 Å². The summed E-state index contributed by atoms with van der Waals surface area (Å²) in [7, 11) is -4.34. The third-order valence-electron chi connectivity index (χ3n) is 7.02. The molecule has 0 saturated heterocycles. The maximum atomic E-state index is 14.5. The molecule has 236 valence electrons. The fourth-order valence-electron chi connectivity index (χ4n) is 4.69. The van der Waals surface area contributed by atoms with Gasteiger partial charge in [0, 0.05) is 35.1 Å². The summed E-state index contributed by atoms with van der Waals surface area (Å²) in [6, 6.07) is 25.3. The van der Waals surface area contributed by atoms with Crippen molar-refractivity contribution < 1.29 is 18.0 Å². The van der Waals surface area contributed by atoms with Gasteiger partial charge in [-0.25, -0.2) is 8.42 Å². The molecule has 4 aromatic carbocycles. The highest BCUT2D eigenvalue weighted by atomic mass is 35.5. The van der Waals surface area contributed by atoms with Crippen LogP contribution in [-0.4, -0.2) is 44.3 Å². The Hall–Kier alpha value is -3.27. The summed E-state index contributed by atoms with van der Waals surface area (Å²) in [5, 5.41) is 3.53. The molecular formula is C33H31Cl4N3O4S. The third-order valence-corrected chi connectivity index (χ3v) is 10.3. The van der Waals surface area contributed by atoms with Gasteiger partial charge < -0.3 is 10.2 Å². The molecule has 2 amide bonds. The van der Waals surface area contributed by atoms with E-state index in [-0.39, 0.29) is 33.6 Å². The monoisotopic (exact) mass is 705 g/mol. The van der Waals surface area contributed by atoms with Gasteiger partial charge in [0.2, 0.25) is 11.8 Å². The van der Waals surface area contributed by atoms with Gasteiger partial charge in [-0.15, -0.1) is 0 Å². The Kier molecular flexibility index (Phi) is 12.2. The van der Waals surface area contributed by atoms with E-state index >= 15 is 0 Å². The minimum Gasteiger partial charge on any atom is -0.354 e. The van der Waals surface area contributed by atoms with Crippen molar-refractivity contribution in [3.05, 3.63) is 128 Å². The molecule has 45 heavy (non-hydrogen) atoms. The molecule has 4 aromatic rings. The molecular weight excluding hydrogens is 676 g/mol. The van der Waals surface area contributed by atoms with Crippen molar-refractivity contribution in [1.29, 1.82) is 0 Å². The lowest BCUT2D eigenvalue weighted by molar-refractivity contribution is -0.140. The van der Waals surface area contributed by atoms with E-state index < -0.39 is 34.4 Å². The first kappa shape index (κ1) is 34.6. The molecule has 0 saturated carbocycles. The molecule has 0 aliphatic heterocycles. The second kappa shape index (κ2) is 15.8. The van der Waals surface area contributed by atoms with Gasteiger partial charge in [-0.3, -0.25) is 13.9 Å². The Morgan fingerprint density at radius 1 is 0.778 bits per heavy atom. The lowest BCUT2D eigenvalue weighted by atomic mass is 10.0. The average molecular weight is 708 g/mol. The molecule has 4 rings (SSSR count). The van der Waals surface area contributed by atoms with E-state index in [0.29, 0.717) is 28.6 Å². The summed E-state index contributed by atoms with van der Waals surface area (Å²) in [4.78, 5) is 29.5. The zero-order valence-corrected chi connectivity index (χ0v) is 28.1. The van der Waals surface area contributed by atoms with E-state index in [1.165, 1.54) is 29.2 Å². The maximum absolute atomic E-state index is 14.5. The van der Waals surface area contributed by atoms with Crippen LogP contribution in [0.1, 0.15) is 24.5 Å². The first-order valence-electron chi connectivity index (χ1n) is 14.1. The predicted molar refractivity (Wildman–Crippen MR) is 182 cm³/mol. The second-order valence-electron chi connectivity index (χ2n) is 10.1. The summed E-state index contributed by atoms with van der Waals surface area (Å²) >= 11 is 25.9. The van der Waals surface area contributed by atoms with E-state index in [4.69, 9.17) is 46.4 Å². The number of rotatable bonds is 13. The van der Waals surface area contributed by atoms with Crippen molar-refractivity contribution in [2.75, 3.05) is 17.4 Å². The van der Waals surface area contributed by atoms with Crippen LogP contribution in [0.5, 0.6) is 0 Å². The summed E-state index contributed by atoms with van der Waals surface area (Å²) in [6.07, 6.45) is 0.817. The highest BCUT2D eigenvalue weighted by Crippen LogP contribution is 2.36. The standard InChI is InChI=1S/C33H31Cl4N3O4S/c1-2-19-38-33(42)30(20-23-11-5-3-6-12-23)39(21-25-26(34)15-9-16-27(25)35)31(41)22-40(29-18-10-17-28(36)32(29)37)45(43,44)24-13-7-4-8-14-24/h3-18,30H,2,19-22H2,1H3,(H,38,42)/t30-/m0/s1. The van der Waals surface area contributed by atoms with Gasteiger partial charge in [-0.2, -0.15) is 0 Å². The van der Waals surface area contributed by atoms with Gasteiger partial charge >= 0.3 is 0 Å². The zero-order chi connectivity index (χ0) is 32.6. The number of hydrogen-bond acceptors (Lipinski definition) is 4. The number of nitrogens with one attached hydrogen (secondary N) is 1. The lowest BCUT2D eigenvalue weighted by Gasteiger charge is -2.34. The van der Waals surface area contributed by atoms with E-state index in [9.17, 15) is 18.0 Å². The van der Waals surface area contributed by atoms with Gasteiger partial charge in [0.1, 0.15) is 12.6 Å². The number of sulfonamides is 1. The van der Waals surface area contributed by atoms with Crippen molar-refractivity contribution in [3.8, 4) is 0 Å². The largest absolute Gasteiger partial charge is 0.354 e. The van der Waals surface area contributed by atoms with Gasteiger partial charge in [0.15, 0.2) is 0 Å². The van der Waals surface area contributed by atoms with E-state index in [0.717, 1.165) is 9.87 Å². The lowest BCUT2D eigenvalue weighted by Crippen LogP contribution is -2.53. The average Bonchev–Trinajstić information content (AvgIpc) is 3.03. The Morgan fingerprint density at radius 2 is 1.36 bits per heavy atom. The molecule has 0 unspecified atom stereocenters. The Bertz CT molecular complexity index is 1720. The smallest absolute Gasteiger partial charge is 0.264 e. The fourth-order valence-corrected chi connectivity index (χ4v) is 7.10. The van der Waals surface area contributed by atoms with Gasteiger partial charge in [-0.05, 0) is 48.4 Å². The Balaban J connectivity index is 1.85. The first-order valence-corrected chi connectivity index (χ1v) is 17.1. The highest BCUT2D eigenvalue weighted by Gasteiger charge is 2.36. The van der Waals surface area contributed by atoms with Crippen LogP contribution in [0.15, 0.2) is 102 Å². The van der Waals surface area contributed by atoms with Crippen molar-refractivity contribution >= 4 is 73.9 Å². The number of nitrogens with zero attached hydrogens (tertiary/aromatic N) is 2. The topological polar surface area (TPSA) is 86.8 Å². The van der Waals surface area contributed by atoms with Crippen LogP contribution in [0.3, 0.4) is 0 Å². The minimum absolute atomic E-state index is 0.00661. The number of amides is 2. The zero-order valence-electron chi connectivity index (χ0n) is 24.3. The Morgan fingerprint density at radius 3 is 1.98 bits per heavy atom. The van der Waals surface area contributed by atoms with Crippen molar-refractivity contribution in [3.63, 3.8) is 0 Å². The molecule has 0 bridgehead atoms. The molecule has 0 heterocycles. The van der Waals surface area contributed by atoms with E-state index in [1.54, 1.807) is 42.5 Å². The number of carbonyl (C=O) groups is 2. The van der Waals surface area contributed by atoms with Gasteiger partial charge in [0.25, 0.3) is 10.0 Å². The Labute approximate surface area is 283 Å². The molecule has 0 aromatic heterocycles. The quantitative estimate of drug-likeness (QED) is 0.155. The molecule has 1 N–H and O–H groups in total. The van der Waals surface area contributed by atoms with Crippen molar-refractivity contribution in [2.24, 2.45) is 0 Å². The number of hydrogen-bond donors (Lipinski definition) is 1. The van der Waals surface area contributed by atoms with Gasteiger partial charge in [-0.1, -0.05) is 114 Å². The fraction of sp³-hybridized carbons (Fsp3) is 0.212. The van der Waals surface area contributed by atoms with Crippen molar-refractivity contribution in [2.45, 2.75) is 37.2 Å². The summed E-state index contributed by atoms with van der Waals surface area (Å²) < 4.78 is 29.1. The molecule has 0 spiro atoms. The molecule has 0 fully saturated rings. The molecule has 0 aliphatic carbocycles. The molecule has 12 heteroatoms. The van der Waals surface area contributed by atoms with Gasteiger partial charge in [0.05, 0.1) is 20.6 Å². The van der Waals surface area contributed by atoms with E-state index in [1.807, 2.05) is 37.3 Å². The molecule has 0 radical (unpaired) electrons. The second-order valence-corrected chi connectivity index (χ2v) is 13.6. The number of benzene rings is 4. The SMILES string of the molecule is CCCNC(=O)[C@H](Cc1ccccc1)N(Cc1c(Cl)cccc1Cl)C(=O)CN(c1cccc(Cl)c1Cl)S(=O)(=O)c1ccccc1. The first-order chi connectivity index (χ1) is 21.5. The molecule has 7 nitrogen and oxygen atoms in total. The molecule has 0 aliphatic rings. The normalized spacial score (nSPS) is 11.9. The maximum Gasteiger partial charge on any atom is 0.264 e. The number of carbonyl (C=O) groups excluding carboxylic acids is 2. The van der Waals surface area contributed by atoms with E-state index in [2.05, 4.69) is 5.32 Å². The minimum atomic E-state index is -4.34. The van der Waals surface area contributed by atoms with Crippen LogP contribution in [-0.2, 0) is 32.6 Å². The number of halogens is 4.